The Labute approximate surface area is 103 Å². The van der Waals surface area contributed by atoms with E-state index in [1.165, 1.54) is 4.80 Å². The second-order valence-electron chi connectivity index (χ2n) is 4.21. The highest BCUT2D eigenvalue weighted by atomic mass is 16.5. The maximum absolute atomic E-state index is 9.74. The van der Waals surface area contributed by atoms with Crippen LogP contribution in [0.4, 0.5) is 0 Å². The van der Waals surface area contributed by atoms with E-state index < -0.39 is 18.3 Å². The number of hydrogen-bond donors (Lipinski definition) is 2. The lowest BCUT2D eigenvalue weighted by Gasteiger charge is -2.11. The van der Waals surface area contributed by atoms with Gasteiger partial charge in [0.1, 0.15) is 24.0 Å². The number of nitrogens with zero attached hydrogens (tertiary/aromatic N) is 3. The van der Waals surface area contributed by atoms with E-state index in [0.29, 0.717) is 5.69 Å². The van der Waals surface area contributed by atoms with Crippen molar-refractivity contribution in [3.63, 3.8) is 0 Å². The minimum Gasteiger partial charge on any atom is -0.388 e. The van der Waals surface area contributed by atoms with E-state index in [4.69, 9.17) is 4.74 Å². The molecule has 2 aromatic rings. The zero-order valence-electron chi connectivity index (χ0n) is 9.55. The van der Waals surface area contributed by atoms with Crippen molar-refractivity contribution in [2.24, 2.45) is 0 Å². The van der Waals surface area contributed by atoms with Gasteiger partial charge in [-0.2, -0.15) is 15.0 Å². The van der Waals surface area contributed by atoms with E-state index in [1.54, 1.807) is 6.20 Å². The molecule has 1 fully saturated rings. The number of hydrogen-bond acceptors (Lipinski definition) is 5. The minimum absolute atomic E-state index is 0.115. The third-order valence-corrected chi connectivity index (χ3v) is 2.94. The van der Waals surface area contributed by atoms with Crippen molar-refractivity contribution >= 4 is 0 Å². The summed E-state index contributed by atoms with van der Waals surface area (Å²) in [5.74, 6) is 0. The van der Waals surface area contributed by atoms with Crippen molar-refractivity contribution in [3.8, 4) is 5.69 Å². The Balaban J connectivity index is 1.86. The lowest BCUT2D eigenvalue weighted by atomic mass is 10.1. The van der Waals surface area contributed by atoms with Crippen LogP contribution in [0.3, 0.4) is 0 Å². The zero-order valence-corrected chi connectivity index (χ0v) is 9.55. The van der Waals surface area contributed by atoms with Crippen LogP contribution in [0, 0.1) is 0 Å². The molecule has 0 unspecified atom stereocenters. The van der Waals surface area contributed by atoms with Crippen molar-refractivity contribution in [2.45, 2.75) is 18.3 Å². The predicted molar refractivity (Wildman–Crippen MR) is 62.1 cm³/mol. The van der Waals surface area contributed by atoms with Gasteiger partial charge in [-0.3, -0.25) is 0 Å². The van der Waals surface area contributed by atoms with Crippen molar-refractivity contribution in [1.29, 1.82) is 0 Å². The topological polar surface area (TPSA) is 80.4 Å². The van der Waals surface area contributed by atoms with Gasteiger partial charge in [0.15, 0.2) is 0 Å². The third kappa shape index (κ3) is 1.90. The molecule has 1 aliphatic heterocycles. The highest BCUT2D eigenvalue weighted by Crippen LogP contribution is 2.27. The molecule has 0 amide bonds. The third-order valence-electron chi connectivity index (χ3n) is 2.94. The number of benzene rings is 1. The molecule has 18 heavy (non-hydrogen) atoms. The smallest absolute Gasteiger partial charge is 0.131 e. The molecule has 2 N–H and O–H groups in total. The zero-order chi connectivity index (χ0) is 12.5. The fraction of sp³-hybridized carbons (Fsp3) is 0.333. The van der Waals surface area contributed by atoms with Gasteiger partial charge in [-0.1, -0.05) is 18.2 Å². The van der Waals surface area contributed by atoms with Crippen LogP contribution in [0.15, 0.2) is 36.5 Å². The molecule has 2 heterocycles. The molecular weight excluding hydrogens is 234 g/mol. The van der Waals surface area contributed by atoms with Crippen LogP contribution in [0.1, 0.15) is 11.8 Å². The quantitative estimate of drug-likeness (QED) is 0.784. The Bertz CT molecular complexity index is 528. The Morgan fingerprint density at radius 1 is 1.22 bits per heavy atom. The minimum atomic E-state index is -0.953. The van der Waals surface area contributed by atoms with Crippen LogP contribution >= 0.6 is 0 Å². The SMILES string of the molecule is O[C@H]1[C@H](O)CO[C@@H]1c1cnn(-c2ccccc2)n1. The summed E-state index contributed by atoms with van der Waals surface area (Å²) in [4.78, 5) is 1.47. The summed E-state index contributed by atoms with van der Waals surface area (Å²) in [6.07, 6.45) is -0.890. The average Bonchev–Trinajstić information content (AvgIpc) is 3.00. The van der Waals surface area contributed by atoms with Crippen LogP contribution in [0.2, 0.25) is 0 Å². The van der Waals surface area contributed by atoms with Crippen molar-refractivity contribution in [1.82, 2.24) is 15.0 Å². The summed E-state index contributed by atoms with van der Waals surface area (Å²) in [6.45, 7) is 0.115. The predicted octanol–water partition coefficient (Wildman–Crippen LogP) is 0.0604. The summed E-state index contributed by atoms with van der Waals surface area (Å²) < 4.78 is 5.30. The fourth-order valence-corrected chi connectivity index (χ4v) is 1.95. The molecule has 94 valence electrons. The Morgan fingerprint density at radius 3 is 2.67 bits per heavy atom. The van der Waals surface area contributed by atoms with E-state index >= 15 is 0 Å². The molecule has 6 heteroatoms. The monoisotopic (exact) mass is 247 g/mol. The molecule has 0 bridgehead atoms. The number of aliphatic hydroxyl groups is 2. The first kappa shape index (κ1) is 11.3. The molecule has 1 aliphatic rings. The number of para-hydroxylation sites is 1. The molecular formula is C12H13N3O3. The van der Waals surface area contributed by atoms with Crippen LogP contribution < -0.4 is 0 Å². The number of aromatic nitrogens is 3. The van der Waals surface area contributed by atoms with Crippen molar-refractivity contribution < 1.29 is 14.9 Å². The maximum Gasteiger partial charge on any atom is 0.131 e. The van der Waals surface area contributed by atoms with Crippen molar-refractivity contribution in [3.05, 3.63) is 42.2 Å². The fourth-order valence-electron chi connectivity index (χ4n) is 1.95. The van der Waals surface area contributed by atoms with Gasteiger partial charge in [0.25, 0.3) is 0 Å². The molecule has 3 atom stereocenters. The molecule has 1 saturated heterocycles. The average molecular weight is 247 g/mol. The molecule has 0 radical (unpaired) electrons. The summed E-state index contributed by atoms with van der Waals surface area (Å²) in [5, 5.41) is 27.5. The number of rotatable bonds is 2. The normalized spacial score (nSPS) is 27.6. The first-order chi connectivity index (χ1) is 8.75. The van der Waals surface area contributed by atoms with Gasteiger partial charge in [-0.15, -0.1) is 0 Å². The summed E-state index contributed by atoms with van der Waals surface area (Å²) in [6, 6.07) is 9.45. The Morgan fingerprint density at radius 2 is 2.00 bits per heavy atom. The largest absolute Gasteiger partial charge is 0.388 e. The van der Waals surface area contributed by atoms with E-state index in [-0.39, 0.29) is 6.61 Å². The molecule has 0 aliphatic carbocycles. The van der Waals surface area contributed by atoms with Gasteiger partial charge < -0.3 is 14.9 Å². The van der Waals surface area contributed by atoms with Crippen molar-refractivity contribution in [2.75, 3.05) is 6.61 Å². The molecule has 6 nitrogen and oxygen atoms in total. The second kappa shape index (κ2) is 4.49. The summed E-state index contributed by atoms with van der Waals surface area (Å²) in [7, 11) is 0. The van der Waals surface area contributed by atoms with Gasteiger partial charge in [0.05, 0.1) is 18.5 Å². The van der Waals surface area contributed by atoms with E-state index in [2.05, 4.69) is 10.2 Å². The van der Waals surface area contributed by atoms with Crippen LogP contribution in [0.25, 0.3) is 5.69 Å². The Hall–Kier alpha value is -1.76. The van der Waals surface area contributed by atoms with Crippen LogP contribution in [-0.2, 0) is 4.74 Å². The number of aliphatic hydroxyl groups excluding tert-OH is 2. The lowest BCUT2D eigenvalue weighted by Crippen LogP contribution is -2.25. The molecule has 0 spiro atoms. The highest BCUT2D eigenvalue weighted by molar-refractivity contribution is 5.28. The van der Waals surface area contributed by atoms with Crippen LogP contribution in [-0.4, -0.2) is 44.0 Å². The Kier molecular flexibility index (Phi) is 2.83. The standard InChI is InChI=1S/C12H13N3O3/c16-10-7-18-12(11(10)17)9-6-13-15(14-9)8-4-2-1-3-5-8/h1-6,10-12,16-17H,7H2/t10-,11+,12-/m1/s1. The molecule has 1 aromatic carbocycles. The second-order valence-corrected chi connectivity index (χ2v) is 4.21. The van der Waals surface area contributed by atoms with Gasteiger partial charge in [0.2, 0.25) is 0 Å². The van der Waals surface area contributed by atoms with Gasteiger partial charge >= 0.3 is 0 Å². The maximum atomic E-state index is 9.74. The summed E-state index contributed by atoms with van der Waals surface area (Å²) in [5.41, 5.74) is 1.35. The molecule has 1 aromatic heterocycles. The molecule has 0 saturated carbocycles. The highest BCUT2D eigenvalue weighted by Gasteiger charge is 2.37. The van der Waals surface area contributed by atoms with E-state index in [9.17, 15) is 10.2 Å². The number of ether oxygens (including phenoxy) is 1. The first-order valence-electron chi connectivity index (χ1n) is 5.71. The van der Waals surface area contributed by atoms with Crippen LogP contribution in [0.5, 0.6) is 0 Å². The van der Waals surface area contributed by atoms with Gasteiger partial charge in [-0.25, -0.2) is 0 Å². The summed E-state index contributed by atoms with van der Waals surface area (Å²) >= 11 is 0. The first-order valence-corrected chi connectivity index (χ1v) is 5.71. The van der Waals surface area contributed by atoms with Gasteiger partial charge in [0, 0.05) is 0 Å². The van der Waals surface area contributed by atoms with E-state index in [0.717, 1.165) is 5.69 Å². The lowest BCUT2D eigenvalue weighted by molar-refractivity contribution is 0.0203. The molecule has 3 rings (SSSR count). The van der Waals surface area contributed by atoms with Gasteiger partial charge in [-0.05, 0) is 12.1 Å². The van der Waals surface area contributed by atoms with E-state index in [1.807, 2.05) is 30.3 Å².